The number of phenols is 12. The number of hydrogen-bond donors (Lipinski definition) is 16. The molecule has 21 nitrogen and oxygen atoms in total. The van der Waals surface area contributed by atoms with E-state index in [-0.39, 0.29) is 28.0 Å². The fourth-order valence-corrected chi connectivity index (χ4v) is 8.31. The largest absolute Gasteiger partial charge is 0.508 e. The van der Waals surface area contributed by atoms with Crippen molar-refractivity contribution in [3.05, 3.63) is 112 Å². The molecule has 0 fully saturated rings. The number of phenolic OH excluding ortho intramolecular Hbond substituents is 12. The number of rotatable bonds is 7. The van der Waals surface area contributed by atoms with Gasteiger partial charge in [0.2, 0.25) is 11.5 Å². The molecule has 6 aromatic rings. The third kappa shape index (κ3) is 6.98. The zero-order chi connectivity index (χ0) is 47.2. The first-order valence-electron chi connectivity index (χ1n) is 19.7. The third-order valence-corrected chi connectivity index (χ3v) is 11.5. The molecule has 0 saturated carbocycles. The van der Waals surface area contributed by atoms with Gasteiger partial charge in [-0.15, -0.1) is 0 Å². The zero-order valence-corrected chi connectivity index (χ0v) is 33.4. The first-order chi connectivity index (χ1) is 31.3. The maximum Gasteiger partial charge on any atom is 0.204 e. The summed E-state index contributed by atoms with van der Waals surface area (Å²) in [5.41, 5.74) is -1.40. The molecule has 0 radical (unpaired) electrons. The predicted octanol–water partition coefficient (Wildman–Crippen LogP) is 3.91. The van der Waals surface area contributed by atoms with Gasteiger partial charge in [-0.2, -0.15) is 0 Å². The summed E-state index contributed by atoms with van der Waals surface area (Å²) in [6.45, 7) is 0. The highest BCUT2D eigenvalue weighted by atomic mass is 16.6. The third-order valence-electron chi connectivity index (χ3n) is 11.5. The van der Waals surface area contributed by atoms with Crippen molar-refractivity contribution in [1.82, 2.24) is 0 Å². The van der Waals surface area contributed by atoms with Crippen LogP contribution in [0.25, 0.3) is 0 Å². The molecule has 0 aromatic heterocycles. The van der Waals surface area contributed by atoms with Crippen molar-refractivity contribution in [3.63, 3.8) is 0 Å². The van der Waals surface area contributed by atoms with Gasteiger partial charge in [0.1, 0.15) is 53.2 Å². The molecule has 3 aliphatic rings. The van der Waals surface area contributed by atoms with Gasteiger partial charge in [-0.25, -0.2) is 0 Å². The molecule has 0 bridgehead atoms. The van der Waals surface area contributed by atoms with Crippen molar-refractivity contribution in [2.75, 3.05) is 0 Å². The highest BCUT2D eigenvalue weighted by Gasteiger charge is 2.49. The van der Waals surface area contributed by atoms with E-state index in [1.807, 2.05) is 0 Å². The van der Waals surface area contributed by atoms with Crippen LogP contribution in [0.3, 0.4) is 0 Å². The Hall–Kier alpha value is -8.24. The predicted molar refractivity (Wildman–Crippen MR) is 218 cm³/mol. The van der Waals surface area contributed by atoms with Gasteiger partial charge in [0, 0.05) is 24.3 Å². The van der Waals surface area contributed by atoms with Crippen LogP contribution in [0.1, 0.15) is 70.0 Å². The summed E-state index contributed by atoms with van der Waals surface area (Å²) in [7, 11) is 0. The molecule has 66 heavy (non-hydrogen) atoms. The van der Waals surface area contributed by atoms with E-state index in [1.165, 1.54) is 18.2 Å². The van der Waals surface area contributed by atoms with E-state index < -0.39 is 158 Å². The van der Waals surface area contributed by atoms with E-state index in [2.05, 4.69) is 0 Å². The zero-order valence-electron chi connectivity index (χ0n) is 33.4. The second kappa shape index (κ2) is 15.8. The molecule has 0 saturated heterocycles. The number of ether oxygens (including phenoxy) is 5. The topological polar surface area (TPSA) is 370 Å². The Labute approximate surface area is 369 Å². The van der Waals surface area contributed by atoms with Crippen LogP contribution < -0.4 is 23.7 Å². The van der Waals surface area contributed by atoms with Gasteiger partial charge in [-0.05, 0) is 53.1 Å². The molecule has 0 spiro atoms. The lowest BCUT2D eigenvalue weighted by Gasteiger charge is -2.41. The molecular formula is C45H38O21. The fraction of sp³-hybridized carbons (Fsp3) is 0.200. The van der Waals surface area contributed by atoms with Gasteiger partial charge in [0.15, 0.2) is 88.0 Å². The van der Waals surface area contributed by atoms with Crippen LogP contribution in [0, 0.1) is 0 Å². The Balaban J connectivity index is 1.20. The number of aliphatic hydroxyl groups is 4. The van der Waals surface area contributed by atoms with Crippen LogP contribution >= 0.6 is 0 Å². The minimum atomic E-state index is -2.02. The number of fused-ring (bicyclic) bond motifs is 3. The number of benzene rings is 6. The van der Waals surface area contributed by atoms with E-state index >= 15 is 0 Å². The molecule has 3 heterocycles. The van der Waals surface area contributed by atoms with Gasteiger partial charge in [0.05, 0.1) is 16.7 Å². The summed E-state index contributed by atoms with van der Waals surface area (Å²) in [4.78, 5) is 0. The molecular weight excluding hydrogens is 876 g/mol. The van der Waals surface area contributed by atoms with Crippen molar-refractivity contribution in [2.45, 2.75) is 54.9 Å². The number of aromatic hydroxyl groups is 12. The van der Waals surface area contributed by atoms with Crippen LogP contribution in [-0.4, -0.2) is 100 Å². The lowest BCUT2D eigenvalue weighted by Crippen LogP contribution is -2.39. The first kappa shape index (κ1) is 43.0. The Morgan fingerprint density at radius 1 is 0.348 bits per heavy atom. The smallest absolute Gasteiger partial charge is 0.204 e. The van der Waals surface area contributed by atoms with Crippen molar-refractivity contribution < 1.29 is 105 Å². The fourth-order valence-electron chi connectivity index (χ4n) is 8.31. The molecule has 3 aliphatic heterocycles. The average Bonchev–Trinajstić information content (AvgIpc) is 3.25. The Kier molecular flexibility index (Phi) is 10.3. The van der Waals surface area contributed by atoms with Gasteiger partial charge in [-0.1, -0.05) is 18.2 Å². The minimum absolute atomic E-state index is 0.0163. The van der Waals surface area contributed by atoms with Gasteiger partial charge >= 0.3 is 0 Å². The number of aliphatic hydroxyl groups excluding tert-OH is 4. The van der Waals surface area contributed by atoms with E-state index in [4.69, 9.17) is 23.7 Å². The summed E-state index contributed by atoms with van der Waals surface area (Å²) < 4.78 is 30.8. The van der Waals surface area contributed by atoms with Gasteiger partial charge < -0.3 is 105 Å². The van der Waals surface area contributed by atoms with Crippen molar-refractivity contribution in [3.8, 4) is 97.7 Å². The summed E-state index contributed by atoms with van der Waals surface area (Å²) in [5, 5.41) is 174. The maximum absolute atomic E-state index is 12.2. The second-order valence-corrected chi connectivity index (χ2v) is 15.7. The van der Waals surface area contributed by atoms with Gasteiger partial charge in [0.25, 0.3) is 0 Å². The van der Waals surface area contributed by atoms with Gasteiger partial charge in [-0.3, -0.25) is 0 Å². The van der Waals surface area contributed by atoms with Crippen LogP contribution in [0.15, 0.2) is 78.9 Å². The molecule has 344 valence electrons. The van der Waals surface area contributed by atoms with E-state index in [0.29, 0.717) is 6.07 Å². The molecule has 0 unspecified atom stereocenters. The van der Waals surface area contributed by atoms with E-state index in [9.17, 15) is 81.7 Å². The molecule has 9 atom stereocenters. The SMILES string of the molecule is Oc1cc(O)c2c(c1)O[C@H](c1ccc(O)c(O)c1)[C@@H](O)[C@H]2Oc1c(O)cc(O)c2c1O[C@H](c1ccc(O)c(O)c1)[C@@H](O)[C@H]2Oc1c(O)cc(O)c2c1O[C@H](c1ccc(O)c(O)c1)[C@@H](O)[C@H]2O. The van der Waals surface area contributed by atoms with E-state index in [0.717, 1.165) is 54.6 Å². The van der Waals surface area contributed by atoms with Crippen molar-refractivity contribution in [1.29, 1.82) is 0 Å². The highest BCUT2D eigenvalue weighted by Crippen LogP contribution is 2.60. The lowest BCUT2D eigenvalue weighted by molar-refractivity contribution is -0.0807. The summed E-state index contributed by atoms with van der Waals surface area (Å²) in [6.07, 6.45) is -16.3. The Morgan fingerprint density at radius 2 is 0.742 bits per heavy atom. The van der Waals surface area contributed by atoms with Crippen LogP contribution in [0.5, 0.6) is 97.7 Å². The number of hydrogen-bond acceptors (Lipinski definition) is 21. The highest BCUT2D eigenvalue weighted by molar-refractivity contribution is 5.67. The average molecular weight is 915 g/mol. The molecule has 0 amide bonds. The van der Waals surface area contributed by atoms with Crippen LogP contribution in [0.4, 0.5) is 0 Å². The minimum Gasteiger partial charge on any atom is -0.508 e. The summed E-state index contributed by atoms with van der Waals surface area (Å²) in [5.74, 6) is -11.1. The van der Waals surface area contributed by atoms with Crippen molar-refractivity contribution >= 4 is 0 Å². The van der Waals surface area contributed by atoms with Crippen LogP contribution in [0.2, 0.25) is 0 Å². The molecule has 9 rings (SSSR count). The summed E-state index contributed by atoms with van der Waals surface area (Å²) in [6, 6.07) is 13.4. The normalized spacial score (nSPS) is 24.1. The summed E-state index contributed by atoms with van der Waals surface area (Å²) >= 11 is 0. The molecule has 16 N–H and O–H groups in total. The maximum atomic E-state index is 12.2. The Morgan fingerprint density at radius 3 is 1.21 bits per heavy atom. The molecule has 0 aliphatic carbocycles. The standard InChI is InChI=1S/C45H38O21/c46-17-10-24(53)30-29(11-17)62-38(15-2-5-19(48)22(51)8-15)35(60)42(30)65-41-28(57)13-26(55)32-43(36(61)39(64-45(32)41)16-3-6-20(49)23(52)9-16)66-40-27(56)12-25(54)31-33(58)34(59)37(63-44(31)40)14-1-4-18(47)21(50)7-14/h1-13,33-39,42-43,46-61H/t33-,34-,35+,36+,37+,38+,39+,42-,43-/m0/s1. The quantitative estimate of drug-likeness (QED) is 0.101. The monoisotopic (exact) mass is 914 g/mol. The lowest BCUT2D eigenvalue weighted by atomic mass is 9.89. The molecule has 6 aromatic carbocycles. The second-order valence-electron chi connectivity index (χ2n) is 15.7. The molecule has 21 heteroatoms. The first-order valence-corrected chi connectivity index (χ1v) is 19.7. The Bertz CT molecular complexity index is 2920. The van der Waals surface area contributed by atoms with E-state index in [1.54, 1.807) is 0 Å². The van der Waals surface area contributed by atoms with Crippen LogP contribution in [-0.2, 0) is 0 Å². The van der Waals surface area contributed by atoms with Crippen molar-refractivity contribution in [2.24, 2.45) is 0 Å².